The SMILES string of the molecule is Cc1c(C(=O)N2CCN(Cc3ccc4c(c3)OCO4)CC2)sc2nc(-c3ccc(F)cc3)cn12. The fraction of sp³-hybridized carbons (Fsp3) is 0.280. The van der Waals surface area contributed by atoms with Gasteiger partial charge in [0.2, 0.25) is 6.79 Å². The third-order valence-electron chi connectivity index (χ3n) is 6.39. The Kier molecular flexibility index (Phi) is 5.23. The number of carbonyl (C=O) groups is 1. The average Bonchev–Trinajstić information content (AvgIpc) is 3.56. The van der Waals surface area contributed by atoms with Gasteiger partial charge in [-0.1, -0.05) is 17.4 Å². The van der Waals surface area contributed by atoms with Crippen LogP contribution in [0.15, 0.2) is 48.7 Å². The minimum atomic E-state index is -0.273. The first-order valence-electron chi connectivity index (χ1n) is 11.2. The Morgan fingerprint density at radius 2 is 1.82 bits per heavy atom. The molecule has 0 bridgehead atoms. The molecular formula is C25H23FN4O3S. The molecule has 6 rings (SSSR count). The first-order valence-corrected chi connectivity index (χ1v) is 12.0. The third kappa shape index (κ3) is 3.80. The number of aryl methyl sites for hydroxylation is 1. The molecule has 1 amide bonds. The summed E-state index contributed by atoms with van der Waals surface area (Å²) in [7, 11) is 0. The molecule has 7 nitrogen and oxygen atoms in total. The van der Waals surface area contributed by atoms with Crippen molar-refractivity contribution in [2.45, 2.75) is 13.5 Å². The third-order valence-corrected chi connectivity index (χ3v) is 7.54. The highest BCUT2D eigenvalue weighted by Gasteiger charge is 2.26. The molecule has 4 heterocycles. The number of nitrogens with zero attached hydrogens (tertiary/aromatic N) is 4. The molecule has 2 aliphatic rings. The minimum Gasteiger partial charge on any atom is -0.454 e. The number of thiazole rings is 1. The second-order valence-corrected chi connectivity index (χ2v) is 9.54. The summed E-state index contributed by atoms with van der Waals surface area (Å²) in [5.74, 6) is 1.37. The van der Waals surface area contributed by atoms with Crippen LogP contribution in [0.1, 0.15) is 20.9 Å². The molecule has 0 aliphatic carbocycles. The van der Waals surface area contributed by atoms with E-state index in [1.54, 1.807) is 12.1 Å². The van der Waals surface area contributed by atoms with Crippen LogP contribution in [0.2, 0.25) is 0 Å². The standard InChI is InChI=1S/C25H23FN4O3S/c1-16-23(34-25-27-20(14-30(16)25)18-3-5-19(26)6-4-18)24(31)29-10-8-28(9-11-29)13-17-2-7-21-22(12-17)33-15-32-21/h2-7,12,14H,8-11,13,15H2,1H3. The van der Waals surface area contributed by atoms with E-state index in [0.29, 0.717) is 13.1 Å². The summed E-state index contributed by atoms with van der Waals surface area (Å²) in [6.07, 6.45) is 1.91. The Morgan fingerprint density at radius 3 is 2.59 bits per heavy atom. The second-order valence-electron chi connectivity index (χ2n) is 8.56. The number of piperazine rings is 1. The zero-order chi connectivity index (χ0) is 23.2. The molecule has 174 valence electrons. The van der Waals surface area contributed by atoms with E-state index in [9.17, 15) is 9.18 Å². The molecule has 1 saturated heterocycles. The van der Waals surface area contributed by atoms with Crippen LogP contribution in [0.5, 0.6) is 11.5 Å². The highest BCUT2D eigenvalue weighted by molar-refractivity contribution is 7.19. The summed E-state index contributed by atoms with van der Waals surface area (Å²) in [5, 5.41) is 0. The molecule has 34 heavy (non-hydrogen) atoms. The van der Waals surface area contributed by atoms with Gasteiger partial charge >= 0.3 is 0 Å². The number of fused-ring (bicyclic) bond motifs is 2. The van der Waals surface area contributed by atoms with Gasteiger partial charge in [-0.15, -0.1) is 0 Å². The van der Waals surface area contributed by atoms with Gasteiger partial charge in [-0.05, 0) is 48.9 Å². The Balaban J connectivity index is 1.12. The van der Waals surface area contributed by atoms with Gasteiger partial charge in [-0.25, -0.2) is 9.37 Å². The Labute approximate surface area is 200 Å². The van der Waals surface area contributed by atoms with E-state index in [0.717, 1.165) is 57.9 Å². The maximum Gasteiger partial charge on any atom is 0.265 e. The molecule has 2 aromatic heterocycles. The quantitative estimate of drug-likeness (QED) is 0.440. The van der Waals surface area contributed by atoms with Crippen LogP contribution < -0.4 is 9.47 Å². The van der Waals surface area contributed by atoms with E-state index in [1.165, 1.54) is 29.0 Å². The molecule has 2 aliphatic heterocycles. The van der Waals surface area contributed by atoms with Crippen molar-refractivity contribution in [3.05, 3.63) is 70.6 Å². The normalized spacial score (nSPS) is 15.9. The van der Waals surface area contributed by atoms with Crippen molar-refractivity contribution < 1.29 is 18.7 Å². The number of hydrogen-bond donors (Lipinski definition) is 0. The summed E-state index contributed by atoms with van der Waals surface area (Å²) in [6, 6.07) is 12.3. The van der Waals surface area contributed by atoms with E-state index < -0.39 is 0 Å². The molecule has 9 heteroatoms. The average molecular weight is 479 g/mol. The first-order chi connectivity index (χ1) is 16.5. The number of ether oxygens (including phenoxy) is 2. The van der Waals surface area contributed by atoms with Gasteiger partial charge in [0.15, 0.2) is 16.5 Å². The molecule has 0 spiro atoms. The summed E-state index contributed by atoms with van der Waals surface area (Å²) in [5.41, 5.74) is 3.68. The van der Waals surface area contributed by atoms with Crippen molar-refractivity contribution in [2.75, 3.05) is 33.0 Å². The lowest BCUT2D eigenvalue weighted by Crippen LogP contribution is -2.48. The zero-order valence-corrected chi connectivity index (χ0v) is 19.5. The summed E-state index contributed by atoms with van der Waals surface area (Å²) in [6.45, 7) is 6.04. The van der Waals surface area contributed by atoms with Crippen molar-refractivity contribution in [1.29, 1.82) is 0 Å². The topological polar surface area (TPSA) is 59.3 Å². The molecule has 0 N–H and O–H groups in total. The Hall–Kier alpha value is -3.43. The van der Waals surface area contributed by atoms with Crippen LogP contribution in [0.3, 0.4) is 0 Å². The first kappa shape index (κ1) is 21.1. The molecule has 4 aromatic rings. The molecule has 0 unspecified atom stereocenters. The molecule has 0 radical (unpaired) electrons. The predicted molar refractivity (Wildman–Crippen MR) is 127 cm³/mol. The molecule has 2 aromatic carbocycles. The number of amides is 1. The van der Waals surface area contributed by atoms with E-state index in [4.69, 9.17) is 9.47 Å². The molecule has 1 fully saturated rings. The number of halogens is 1. The van der Waals surface area contributed by atoms with Crippen molar-refractivity contribution >= 4 is 22.2 Å². The number of benzene rings is 2. The van der Waals surface area contributed by atoms with Crippen LogP contribution in [-0.4, -0.2) is 58.1 Å². The van der Waals surface area contributed by atoms with Crippen molar-refractivity contribution in [3.8, 4) is 22.8 Å². The van der Waals surface area contributed by atoms with E-state index >= 15 is 0 Å². The van der Waals surface area contributed by atoms with Gasteiger partial charge < -0.3 is 14.4 Å². The highest BCUT2D eigenvalue weighted by atomic mass is 32.1. The fourth-order valence-corrected chi connectivity index (χ4v) is 5.54. The number of rotatable bonds is 4. The van der Waals surface area contributed by atoms with Crippen LogP contribution in [0.25, 0.3) is 16.2 Å². The highest BCUT2D eigenvalue weighted by Crippen LogP contribution is 2.33. The lowest BCUT2D eigenvalue weighted by atomic mass is 10.1. The zero-order valence-electron chi connectivity index (χ0n) is 18.7. The van der Waals surface area contributed by atoms with Crippen molar-refractivity contribution in [2.24, 2.45) is 0 Å². The van der Waals surface area contributed by atoms with Gasteiger partial charge in [-0.2, -0.15) is 0 Å². The molecule has 0 atom stereocenters. The number of carbonyl (C=O) groups excluding carboxylic acids is 1. The maximum atomic E-state index is 13.3. The lowest BCUT2D eigenvalue weighted by Gasteiger charge is -2.34. The Bertz CT molecular complexity index is 1370. The number of hydrogen-bond acceptors (Lipinski definition) is 6. The van der Waals surface area contributed by atoms with Gasteiger partial charge in [0.25, 0.3) is 5.91 Å². The smallest absolute Gasteiger partial charge is 0.265 e. The Morgan fingerprint density at radius 1 is 1.06 bits per heavy atom. The summed E-state index contributed by atoms with van der Waals surface area (Å²) >= 11 is 1.41. The van der Waals surface area contributed by atoms with Gasteiger partial charge in [0.05, 0.1) is 5.69 Å². The van der Waals surface area contributed by atoms with Crippen LogP contribution >= 0.6 is 11.3 Å². The van der Waals surface area contributed by atoms with Crippen LogP contribution in [-0.2, 0) is 6.54 Å². The lowest BCUT2D eigenvalue weighted by molar-refractivity contribution is 0.0632. The largest absolute Gasteiger partial charge is 0.454 e. The van der Waals surface area contributed by atoms with E-state index in [1.807, 2.05) is 34.6 Å². The summed E-state index contributed by atoms with van der Waals surface area (Å²) < 4.78 is 26.0. The minimum absolute atomic E-state index is 0.0547. The van der Waals surface area contributed by atoms with Crippen molar-refractivity contribution in [1.82, 2.24) is 19.2 Å². The maximum absolute atomic E-state index is 13.3. The fourth-order valence-electron chi connectivity index (χ4n) is 4.46. The monoisotopic (exact) mass is 478 g/mol. The predicted octanol–water partition coefficient (Wildman–Crippen LogP) is 4.20. The van der Waals surface area contributed by atoms with Crippen molar-refractivity contribution in [3.63, 3.8) is 0 Å². The molecular weight excluding hydrogens is 455 g/mol. The van der Waals surface area contributed by atoms with Gasteiger partial charge in [-0.3, -0.25) is 14.1 Å². The number of aromatic nitrogens is 2. The van der Waals surface area contributed by atoms with E-state index in [2.05, 4.69) is 16.0 Å². The summed E-state index contributed by atoms with van der Waals surface area (Å²) in [4.78, 5) is 23.7. The second kappa shape index (κ2) is 8.41. The van der Waals surface area contributed by atoms with Crippen LogP contribution in [0.4, 0.5) is 4.39 Å². The van der Waals surface area contributed by atoms with Gasteiger partial charge in [0.1, 0.15) is 10.7 Å². The number of imidazole rings is 1. The van der Waals surface area contributed by atoms with E-state index in [-0.39, 0.29) is 18.5 Å². The molecule has 0 saturated carbocycles. The van der Waals surface area contributed by atoms with Crippen LogP contribution in [0, 0.1) is 12.7 Å². The van der Waals surface area contributed by atoms with Gasteiger partial charge in [0, 0.05) is 50.2 Å².